The maximum atomic E-state index is 13.0. The van der Waals surface area contributed by atoms with Crippen LogP contribution in [-0.4, -0.2) is 18.8 Å². The Morgan fingerprint density at radius 3 is 2.50 bits per heavy atom. The van der Waals surface area contributed by atoms with Gasteiger partial charge in [0.15, 0.2) is 0 Å². The van der Waals surface area contributed by atoms with Crippen LogP contribution in [0.2, 0.25) is 0 Å². The van der Waals surface area contributed by atoms with Crippen molar-refractivity contribution in [2.45, 2.75) is 71.9 Å². The topological polar surface area (TPSA) is 21.3 Å². The molecular formula is C21H34FNO. The summed E-state index contributed by atoms with van der Waals surface area (Å²) in [4.78, 5) is 0. The lowest BCUT2D eigenvalue weighted by Gasteiger charge is -2.45. The summed E-state index contributed by atoms with van der Waals surface area (Å²) in [5.74, 6) is 0.579. The number of hydrogen-bond acceptors (Lipinski definition) is 2. The molecule has 0 bridgehead atoms. The van der Waals surface area contributed by atoms with Crippen LogP contribution >= 0.6 is 0 Å². The SMILES string of the molecule is CC(C)CC[C@@]1(CCNCc2ccc(F)cc2)CCOC(C)(C)C1. The van der Waals surface area contributed by atoms with Crippen LogP contribution in [0.3, 0.4) is 0 Å². The third kappa shape index (κ3) is 6.18. The zero-order valence-electron chi connectivity index (χ0n) is 15.8. The van der Waals surface area contributed by atoms with Gasteiger partial charge in [-0.1, -0.05) is 32.4 Å². The van der Waals surface area contributed by atoms with Crippen LogP contribution in [0.4, 0.5) is 4.39 Å². The van der Waals surface area contributed by atoms with Gasteiger partial charge in [0.1, 0.15) is 5.82 Å². The molecular weight excluding hydrogens is 301 g/mol. The summed E-state index contributed by atoms with van der Waals surface area (Å²) in [5.41, 5.74) is 1.52. The van der Waals surface area contributed by atoms with Gasteiger partial charge in [0.05, 0.1) is 5.60 Å². The normalized spacial score (nSPS) is 23.6. The maximum absolute atomic E-state index is 13.0. The van der Waals surface area contributed by atoms with Crippen LogP contribution in [-0.2, 0) is 11.3 Å². The fourth-order valence-electron chi connectivity index (χ4n) is 3.92. The van der Waals surface area contributed by atoms with E-state index >= 15 is 0 Å². The Hall–Kier alpha value is -0.930. The second-order valence-electron chi connectivity index (χ2n) is 8.52. The standard InChI is InChI=1S/C21H34FNO/c1-17(2)9-10-21(12-14-24-20(3,4)16-21)11-13-23-15-18-5-7-19(22)8-6-18/h5-8,17,23H,9-16H2,1-4H3/t21-/m1/s1. The van der Waals surface area contributed by atoms with Crippen molar-refractivity contribution in [1.82, 2.24) is 5.32 Å². The zero-order valence-corrected chi connectivity index (χ0v) is 15.8. The molecule has 0 amide bonds. The lowest BCUT2D eigenvalue weighted by Crippen LogP contribution is -2.42. The van der Waals surface area contributed by atoms with Crippen LogP contribution in [0.25, 0.3) is 0 Å². The Morgan fingerprint density at radius 1 is 1.17 bits per heavy atom. The molecule has 24 heavy (non-hydrogen) atoms. The Balaban J connectivity index is 1.87. The minimum absolute atomic E-state index is 0.00775. The van der Waals surface area contributed by atoms with E-state index in [2.05, 4.69) is 33.0 Å². The second kappa shape index (κ2) is 8.44. The van der Waals surface area contributed by atoms with Gasteiger partial charge in [-0.15, -0.1) is 0 Å². The number of benzene rings is 1. The molecule has 136 valence electrons. The van der Waals surface area contributed by atoms with Gasteiger partial charge in [-0.2, -0.15) is 0 Å². The Labute approximate surface area is 147 Å². The number of nitrogens with one attached hydrogen (secondary N) is 1. The fourth-order valence-corrected chi connectivity index (χ4v) is 3.92. The predicted octanol–water partition coefficient (Wildman–Crippen LogP) is 5.32. The quantitative estimate of drug-likeness (QED) is 0.649. The third-order valence-corrected chi connectivity index (χ3v) is 5.25. The van der Waals surface area contributed by atoms with Gasteiger partial charge in [0, 0.05) is 13.2 Å². The monoisotopic (exact) mass is 335 g/mol. The van der Waals surface area contributed by atoms with E-state index in [1.54, 1.807) is 0 Å². The lowest BCUT2D eigenvalue weighted by atomic mass is 9.68. The van der Waals surface area contributed by atoms with Crippen molar-refractivity contribution in [2.75, 3.05) is 13.2 Å². The summed E-state index contributed by atoms with van der Waals surface area (Å²) >= 11 is 0. The third-order valence-electron chi connectivity index (χ3n) is 5.25. The van der Waals surface area contributed by atoms with E-state index in [9.17, 15) is 4.39 Å². The number of ether oxygens (including phenoxy) is 1. The fraction of sp³-hybridized carbons (Fsp3) is 0.714. The van der Waals surface area contributed by atoms with Crippen molar-refractivity contribution in [3.05, 3.63) is 35.6 Å². The number of hydrogen-bond donors (Lipinski definition) is 1. The van der Waals surface area contributed by atoms with Crippen molar-refractivity contribution in [3.63, 3.8) is 0 Å². The number of rotatable bonds is 8. The van der Waals surface area contributed by atoms with E-state index in [-0.39, 0.29) is 11.4 Å². The largest absolute Gasteiger partial charge is 0.376 e. The first-order chi connectivity index (χ1) is 11.3. The molecule has 0 spiro atoms. The summed E-state index contributed by atoms with van der Waals surface area (Å²) < 4.78 is 18.9. The smallest absolute Gasteiger partial charge is 0.123 e. The Bertz CT molecular complexity index is 497. The van der Waals surface area contributed by atoms with Gasteiger partial charge < -0.3 is 10.1 Å². The predicted molar refractivity (Wildman–Crippen MR) is 98.5 cm³/mol. The van der Waals surface area contributed by atoms with Crippen LogP contribution in [0.15, 0.2) is 24.3 Å². The van der Waals surface area contributed by atoms with Crippen molar-refractivity contribution in [2.24, 2.45) is 11.3 Å². The van der Waals surface area contributed by atoms with Gasteiger partial charge in [-0.25, -0.2) is 4.39 Å². The van der Waals surface area contributed by atoms with Crippen LogP contribution < -0.4 is 5.32 Å². The average molecular weight is 336 g/mol. The van der Waals surface area contributed by atoms with Gasteiger partial charge in [-0.3, -0.25) is 0 Å². The highest BCUT2D eigenvalue weighted by Crippen LogP contribution is 2.45. The summed E-state index contributed by atoms with van der Waals surface area (Å²) in [6.45, 7) is 11.8. The summed E-state index contributed by atoms with van der Waals surface area (Å²) in [6, 6.07) is 6.77. The highest BCUT2D eigenvalue weighted by molar-refractivity contribution is 5.15. The molecule has 1 atom stereocenters. The van der Waals surface area contributed by atoms with Crippen LogP contribution in [0, 0.1) is 17.2 Å². The second-order valence-corrected chi connectivity index (χ2v) is 8.52. The lowest BCUT2D eigenvalue weighted by molar-refractivity contribution is -0.110. The van der Waals surface area contributed by atoms with Crippen molar-refractivity contribution >= 4 is 0 Å². The molecule has 1 N–H and O–H groups in total. The molecule has 3 heteroatoms. The van der Waals surface area contributed by atoms with E-state index in [4.69, 9.17) is 4.74 Å². The highest BCUT2D eigenvalue weighted by atomic mass is 19.1. The zero-order chi connectivity index (χ0) is 17.6. The first-order valence-electron chi connectivity index (χ1n) is 9.39. The van der Waals surface area contributed by atoms with Gasteiger partial charge in [0.2, 0.25) is 0 Å². The van der Waals surface area contributed by atoms with E-state index in [1.807, 2.05) is 12.1 Å². The molecule has 0 aromatic heterocycles. The number of halogens is 1. The molecule has 1 aliphatic heterocycles. The van der Waals surface area contributed by atoms with Gasteiger partial charge in [0.25, 0.3) is 0 Å². The minimum atomic E-state index is -0.171. The molecule has 0 unspecified atom stereocenters. The van der Waals surface area contributed by atoms with Crippen molar-refractivity contribution < 1.29 is 9.13 Å². The van der Waals surface area contributed by atoms with Gasteiger partial charge in [-0.05, 0) is 75.1 Å². The molecule has 1 fully saturated rings. The minimum Gasteiger partial charge on any atom is -0.376 e. The highest BCUT2D eigenvalue weighted by Gasteiger charge is 2.40. The maximum Gasteiger partial charge on any atom is 0.123 e. The van der Waals surface area contributed by atoms with Crippen molar-refractivity contribution in [3.8, 4) is 0 Å². The molecule has 1 heterocycles. The van der Waals surface area contributed by atoms with E-state index in [0.29, 0.717) is 5.41 Å². The Morgan fingerprint density at radius 2 is 1.88 bits per heavy atom. The molecule has 0 radical (unpaired) electrons. The molecule has 1 aromatic rings. The molecule has 1 aliphatic rings. The van der Waals surface area contributed by atoms with Gasteiger partial charge >= 0.3 is 0 Å². The molecule has 2 rings (SSSR count). The molecule has 2 nitrogen and oxygen atoms in total. The van der Waals surface area contributed by atoms with Crippen LogP contribution in [0.1, 0.15) is 65.4 Å². The summed E-state index contributed by atoms with van der Waals surface area (Å²) in [5, 5.41) is 3.54. The summed E-state index contributed by atoms with van der Waals surface area (Å²) in [7, 11) is 0. The molecule has 1 aromatic carbocycles. The molecule has 1 saturated heterocycles. The van der Waals surface area contributed by atoms with E-state index in [1.165, 1.54) is 37.8 Å². The average Bonchev–Trinajstić information content (AvgIpc) is 2.51. The first-order valence-corrected chi connectivity index (χ1v) is 9.39. The van der Waals surface area contributed by atoms with E-state index in [0.717, 1.165) is 37.6 Å². The van der Waals surface area contributed by atoms with Crippen molar-refractivity contribution in [1.29, 1.82) is 0 Å². The molecule has 0 saturated carbocycles. The van der Waals surface area contributed by atoms with E-state index < -0.39 is 0 Å². The molecule has 0 aliphatic carbocycles. The first kappa shape index (κ1) is 19.4. The van der Waals surface area contributed by atoms with Crippen LogP contribution in [0.5, 0.6) is 0 Å². The summed E-state index contributed by atoms with van der Waals surface area (Å²) in [6.07, 6.45) is 6.07. The Kier molecular flexibility index (Phi) is 6.82.